The average Bonchev–Trinajstić information content (AvgIpc) is 2.65. The lowest BCUT2D eigenvalue weighted by Gasteiger charge is -2.32. The van der Waals surface area contributed by atoms with E-state index in [4.69, 9.17) is 14.0 Å². The summed E-state index contributed by atoms with van der Waals surface area (Å²) in [7, 11) is -0.438. The number of hydrogen-bond donors (Lipinski definition) is 0. The Morgan fingerprint density at radius 1 is 1.08 bits per heavy atom. The van der Waals surface area contributed by atoms with Gasteiger partial charge in [-0.25, -0.2) is 4.79 Å². The molecule has 0 unspecified atom stereocenters. The van der Waals surface area contributed by atoms with E-state index in [2.05, 4.69) is 13.8 Å². The van der Waals surface area contributed by atoms with Crippen LogP contribution in [0.4, 0.5) is 0 Å². The number of hydrogen-bond acceptors (Lipinski definition) is 5. The summed E-state index contributed by atoms with van der Waals surface area (Å²) in [5.74, 6) is -0.293. The molecule has 25 heavy (non-hydrogen) atoms. The first-order valence-corrected chi connectivity index (χ1v) is 9.68. The molecule has 0 spiro atoms. The van der Waals surface area contributed by atoms with Crippen LogP contribution >= 0.6 is 11.8 Å². The third-order valence-corrected chi connectivity index (χ3v) is 5.52. The van der Waals surface area contributed by atoms with Crippen molar-refractivity contribution in [3.05, 3.63) is 23.8 Å². The number of carbonyl (C=O) groups excluding carboxylic acids is 1. The summed E-state index contributed by atoms with van der Waals surface area (Å²) in [6, 6.07) is 5.70. The van der Waals surface area contributed by atoms with E-state index in [9.17, 15) is 4.79 Å². The minimum Gasteiger partial charge on any atom is -0.459 e. The van der Waals surface area contributed by atoms with Gasteiger partial charge in [0.15, 0.2) is 0 Å². The van der Waals surface area contributed by atoms with Crippen LogP contribution in [-0.2, 0) is 14.0 Å². The van der Waals surface area contributed by atoms with E-state index in [1.807, 2.05) is 59.7 Å². The fraction of sp³-hybridized carbons (Fsp3) is 0.632. The van der Waals surface area contributed by atoms with Gasteiger partial charge in [-0.3, -0.25) is 0 Å². The Kier molecular flexibility index (Phi) is 5.97. The number of esters is 1. The quantitative estimate of drug-likeness (QED) is 0.448. The molecule has 1 aliphatic rings. The highest BCUT2D eigenvalue weighted by atomic mass is 32.2. The maximum atomic E-state index is 12.4. The first-order chi connectivity index (χ1) is 11.4. The van der Waals surface area contributed by atoms with Gasteiger partial charge in [-0.1, -0.05) is 19.9 Å². The van der Waals surface area contributed by atoms with Gasteiger partial charge in [0.1, 0.15) is 0 Å². The van der Waals surface area contributed by atoms with E-state index >= 15 is 0 Å². The highest BCUT2D eigenvalue weighted by Crippen LogP contribution is 2.37. The third-order valence-electron chi connectivity index (χ3n) is 4.46. The van der Waals surface area contributed by atoms with E-state index in [1.165, 1.54) is 0 Å². The fourth-order valence-corrected chi connectivity index (χ4v) is 3.45. The van der Waals surface area contributed by atoms with Crippen molar-refractivity contribution in [3.8, 4) is 0 Å². The molecule has 2 rings (SSSR count). The molecule has 1 fully saturated rings. The molecule has 0 bridgehead atoms. The van der Waals surface area contributed by atoms with E-state index in [-0.39, 0.29) is 12.1 Å². The monoisotopic (exact) mass is 364 g/mol. The van der Waals surface area contributed by atoms with E-state index in [0.717, 1.165) is 10.4 Å². The molecule has 138 valence electrons. The van der Waals surface area contributed by atoms with Crippen LogP contribution in [0, 0.1) is 0 Å². The van der Waals surface area contributed by atoms with E-state index in [0.29, 0.717) is 10.8 Å². The Morgan fingerprint density at radius 2 is 1.64 bits per heavy atom. The number of benzene rings is 1. The summed E-state index contributed by atoms with van der Waals surface area (Å²) in [6.45, 7) is 16.0. The van der Waals surface area contributed by atoms with Crippen molar-refractivity contribution in [1.29, 1.82) is 0 Å². The number of thioether (sulfide) groups is 1. The third kappa shape index (κ3) is 4.60. The van der Waals surface area contributed by atoms with Gasteiger partial charge in [-0.05, 0) is 59.1 Å². The van der Waals surface area contributed by atoms with Crippen molar-refractivity contribution in [2.24, 2.45) is 0 Å². The van der Waals surface area contributed by atoms with Crippen molar-refractivity contribution >= 4 is 30.3 Å². The minimum atomic E-state index is -0.438. The van der Waals surface area contributed by atoms with Gasteiger partial charge in [-0.2, -0.15) is 0 Å². The van der Waals surface area contributed by atoms with Crippen LogP contribution < -0.4 is 5.46 Å². The average molecular weight is 364 g/mol. The maximum absolute atomic E-state index is 12.4. The molecule has 0 atom stereocenters. The number of ether oxygens (including phenoxy) is 1. The summed E-state index contributed by atoms with van der Waals surface area (Å²) in [6.07, 6.45) is -0.146. The molecular formula is C19H29BO4S. The highest BCUT2D eigenvalue weighted by Gasteiger charge is 2.51. The first-order valence-electron chi connectivity index (χ1n) is 8.80. The van der Waals surface area contributed by atoms with Crippen molar-refractivity contribution in [2.75, 3.05) is 0 Å². The highest BCUT2D eigenvalue weighted by molar-refractivity contribution is 8.00. The van der Waals surface area contributed by atoms with Gasteiger partial charge in [0, 0.05) is 10.1 Å². The second-order valence-corrected chi connectivity index (χ2v) is 9.58. The maximum Gasteiger partial charge on any atom is 0.494 e. The van der Waals surface area contributed by atoms with Crippen LogP contribution in [-0.4, -0.2) is 35.6 Å². The van der Waals surface area contributed by atoms with Crippen LogP contribution in [0.2, 0.25) is 0 Å². The van der Waals surface area contributed by atoms with Crippen molar-refractivity contribution in [2.45, 2.75) is 82.8 Å². The molecule has 6 heteroatoms. The van der Waals surface area contributed by atoms with E-state index < -0.39 is 18.3 Å². The molecule has 0 aromatic heterocycles. The van der Waals surface area contributed by atoms with Gasteiger partial charge in [0.25, 0.3) is 0 Å². The SMILES string of the molecule is CC(C)OC(=O)c1ccc(B2OC(C)(C)C(C)(C)O2)cc1SC(C)C. The Hall–Kier alpha value is -0.975. The second kappa shape index (κ2) is 7.33. The van der Waals surface area contributed by atoms with Crippen molar-refractivity contribution in [1.82, 2.24) is 0 Å². The molecule has 0 aliphatic carbocycles. The van der Waals surface area contributed by atoms with E-state index in [1.54, 1.807) is 11.8 Å². The first kappa shape index (κ1) is 20.3. The molecule has 1 saturated heterocycles. The van der Waals surface area contributed by atoms with Crippen molar-refractivity contribution in [3.63, 3.8) is 0 Å². The summed E-state index contributed by atoms with van der Waals surface area (Å²) in [5.41, 5.74) is 0.729. The molecule has 0 amide bonds. The summed E-state index contributed by atoms with van der Waals surface area (Å²) >= 11 is 1.64. The molecule has 4 nitrogen and oxygen atoms in total. The minimum absolute atomic E-state index is 0.146. The Morgan fingerprint density at radius 3 is 2.12 bits per heavy atom. The Bertz CT molecular complexity index is 624. The molecule has 0 saturated carbocycles. The predicted molar refractivity (Wildman–Crippen MR) is 104 cm³/mol. The van der Waals surface area contributed by atoms with Crippen LogP contribution in [0.1, 0.15) is 65.7 Å². The second-order valence-electron chi connectivity index (χ2n) is 7.96. The Labute approximate surface area is 156 Å². The lowest BCUT2D eigenvalue weighted by Crippen LogP contribution is -2.41. The Balaban J connectivity index is 2.35. The lowest BCUT2D eigenvalue weighted by molar-refractivity contribution is 0.00578. The van der Waals surface area contributed by atoms with Gasteiger partial charge in [-0.15, -0.1) is 11.8 Å². The summed E-state index contributed by atoms with van der Waals surface area (Å²) in [5, 5.41) is 0.346. The summed E-state index contributed by atoms with van der Waals surface area (Å²) < 4.78 is 17.6. The van der Waals surface area contributed by atoms with Crippen LogP contribution in [0.5, 0.6) is 0 Å². The smallest absolute Gasteiger partial charge is 0.459 e. The zero-order valence-electron chi connectivity index (χ0n) is 16.5. The molecular weight excluding hydrogens is 335 g/mol. The topological polar surface area (TPSA) is 44.8 Å². The summed E-state index contributed by atoms with van der Waals surface area (Å²) in [4.78, 5) is 13.3. The number of rotatable bonds is 5. The molecule has 1 aliphatic heterocycles. The zero-order valence-corrected chi connectivity index (χ0v) is 17.3. The van der Waals surface area contributed by atoms with Crippen molar-refractivity contribution < 1.29 is 18.8 Å². The van der Waals surface area contributed by atoms with Crippen LogP contribution in [0.3, 0.4) is 0 Å². The standard InChI is InChI=1S/C19H29BO4S/c1-12(2)22-17(21)15-10-9-14(11-16(15)25-13(3)4)20-23-18(5,6)19(7,8)24-20/h9-13H,1-8H3. The molecule has 1 aromatic rings. The molecule has 0 N–H and O–H groups in total. The van der Waals surface area contributed by atoms with Gasteiger partial charge in [0.2, 0.25) is 0 Å². The molecule has 1 aromatic carbocycles. The normalized spacial score (nSPS) is 18.9. The number of carbonyl (C=O) groups is 1. The lowest BCUT2D eigenvalue weighted by atomic mass is 9.79. The van der Waals surface area contributed by atoms with Gasteiger partial charge >= 0.3 is 13.1 Å². The fourth-order valence-electron chi connectivity index (χ4n) is 2.46. The van der Waals surface area contributed by atoms with Crippen LogP contribution in [0.25, 0.3) is 0 Å². The predicted octanol–water partition coefficient (Wildman–Crippen LogP) is 4.05. The van der Waals surface area contributed by atoms with Gasteiger partial charge < -0.3 is 14.0 Å². The molecule has 1 heterocycles. The van der Waals surface area contributed by atoms with Crippen LogP contribution in [0.15, 0.2) is 23.1 Å². The largest absolute Gasteiger partial charge is 0.494 e. The van der Waals surface area contributed by atoms with Gasteiger partial charge in [0.05, 0.1) is 22.9 Å². The molecule has 0 radical (unpaired) electrons. The zero-order chi connectivity index (χ0) is 19.0.